The summed E-state index contributed by atoms with van der Waals surface area (Å²) in [4.78, 5) is 12.8. The number of rotatable bonds is 6. The van der Waals surface area contributed by atoms with E-state index in [1.165, 1.54) is 21.3 Å². The second-order valence-corrected chi connectivity index (χ2v) is 6.31. The number of hydrogen-bond acceptors (Lipinski definition) is 8. The predicted molar refractivity (Wildman–Crippen MR) is 101 cm³/mol. The zero-order valence-corrected chi connectivity index (χ0v) is 16.8. The molecule has 0 saturated heterocycles. The molecule has 1 aromatic carbocycles. The van der Waals surface area contributed by atoms with Crippen LogP contribution in [0.3, 0.4) is 0 Å². The lowest BCUT2D eigenvalue weighted by atomic mass is 9.82. The summed E-state index contributed by atoms with van der Waals surface area (Å²) in [7, 11) is 4.45. The highest BCUT2D eigenvalue weighted by atomic mass is 16.5. The lowest BCUT2D eigenvalue weighted by Crippen LogP contribution is -2.26. The zero-order chi connectivity index (χ0) is 21.0. The molecule has 0 unspecified atom stereocenters. The van der Waals surface area contributed by atoms with Gasteiger partial charge in [-0.05, 0) is 38.5 Å². The summed E-state index contributed by atoms with van der Waals surface area (Å²) < 4.78 is 26.9. The average molecular weight is 388 g/mol. The Kier molecular flexibility index (Phi) is 6.41. The second kappa shape index (κ2) is 8.57. The number of allylic oxidation sites excluding steroid dienone is 2. The third kappa shape index (κ3) is 3.83. The van der Waals surface area contributed by atoms with E-state index in [0.717, 1.165) is 0 Å². The van der Waals surface area contributed by atoms with Gasteiger partial charge in [0.25, 0.3) is 0 Å². The minimum atomic E-state index is -0.807. The molecule has 1 aliphatic heterocycles. The van der Waals surface area contributed by atoms with Gasteiger partial charge in [-0.15, -0.1) is 0 Å². The summed E-state index contributed by atoms with van der Waals surface area (Å²) in [5.41, 5.74) is 6.76. The summed E-state index contributed by atoms with van der Waals surface area (Å²) in [6.45, 7) is 5.07. The van der Waals surface area contributed by atoms with Crippen LogP contribution in [0.1, 0.15) is 32.3 Å². The van der Waals surface area contributed by atoms with Gasteiger partial charge in [0, 0.05) is 0 Å². The molecular weight excluding hydrogens is 364 g/mol. The number of nitrogens with two attached hydrogens (primary N) is 1. The molecule has 0 amide bonds. The van der Waals surface area contributed by atoms with Gasteiger partial charge in [0.2, 0.25) is 11.6 Å². The Morgan fingerprint density at radius 1 is 1.18 bits per heavy atom. The topological polar surface area (TPSA) is 113 Å². The highest BCUT2D eigenvalue weighted by molar-refractivity contribution is 5.92. The maximum atomic E-state index is 12.8. The van der Waals surface area contributed by atoms with E-state index >= 15 is 0 Å². The van der Waals surface area contributed by atoms with Gasteiger partial charge >= 0.3 is 5.97 Å². The fourth-order valence-corrected chi connectivity index (χ4v) is 3.02. The van der Waals surface area contributed by atoms with Crippen LogP contribution in [-0.4, -0.2) is 33.4 Å². The fourth-order valence-electron chi connectivity index (χ4n) is 3.02. The Morgan fingerprint density at radius 2 is 1.75 bits per heavy atom. The van der Waals surface area contributed by atoms with Gasteiger partial charge in [-0.3, -0.25) is 0 Å². The molecule has 1 aromatic rings. The Hall–Kier alpha value is -3.34. The Bertz CT molecular complexity index is 854. The first kappa shape index (κ1) is 21.0. The molecule has 28 heavy (non-hydrogen) atoms. The molecule has 0 spiro atoms. The number of methoxy groups -OCH3 is 3. The van der Waals surface area contributed by atoms with Crippen molar-refractivity contribution in [3.8, 4) is 23.3 Å². The second-order valence-electron chi connectivity index (χ2n) is 6.31. The lowest BCUT2D eigenvalue weighted by molar-refractivity contribution is -0.143. The third-order valence-corrected chi connectivity index (χ3v) is 4.19. The van der Waals surface area contributed by atoms with Crippen LogP contribution in [-0.2, 0) is 14.3 Å². The minimum Gasteiger partial charge on any atom is -0.493 e. The van der Waals surface area contributed by atoms with Crippen LogP contribution in [0.2, 0.25) is 0 Å². The van der Waals surface area contributed by atoms with E-state index in [-0.39, 0.29) is 28.9 Å². The standard InChI is InChI=1S/C20H24N2O6/c1-10(2)27-20(23)16-11(3)28-19(22)13(9-21)17(16)12-7-14(24-4)18(26-6)15(8-12)25-5/h7-8,10,17H,22H2,1-6H3/t17-/m1/s1. The normalized spacial score (nSPS) is 16.4. The summed E-state index contributed by atoms with van der Waals surface area (Å²) >= 11 is 0. The van der Waals surface area contributed by atoms with E-state index in [0.29, 0.717) is 22.8 Å². The van der Waals surface area contributed by atoms with Crippen LogP contribution >= 0.6 is 0 Å². The summed E-state index contributed by atoms with van der Waals surface area (Å²) in [6, 6.07) is 5.37. The zero-order valence-electron chi connectivity index (χ0n) is 16.8. The van der Waals surface area contributed by atoms with E-state index < -0.39 is 11.9 Å². The van der Waals surface area contributed by atoms with Crippen molar-refractivity contribution in [1.29, 1.82) is 5.26 Å². The molecule has 150 valence electrons. The van der Waals surface area contributed by atoms with Crippen molar-refractivity contribution in [3.05, 3.63) is 40.5 Å². The Balaban J connectivity index is 2.74. The average Bonchev–Trinajstić information content (AvgIpc) is 2.65. The van der Waals surface area contributed by atoms with Crippen molar-refractivity contribution < 1.29 is 28.5 Å². The first-order valence-corrected chi connectivity index (χ1v) is 8.58. The van der Waals surface area contributed by atoms with Gasteiger partial charge in [-0.25, -0.2) is 4.79 Å². The van der Waals surface area contributed by atoms with Crippen LogP contribution in [0.25, 0.3) is 0 Å². The Morgan fingerprint density at radius 3 is 2.18 bits per heavy atom. The number of ether oxygens (including phenoxy) is 5. The lowest BCUT2D eigenvalue weighted by Gasteiger charge is -2.28. The first-order valence-electron chi connectivity index (χ1n) is 8.58. The smallest absolute Gasteiger partial charge is 0.338 e. The van der Waals surface area contributed by atoms with Crippen molar-refractivity contribution in [2.24, 2.45) is 5.73 Å². The maximum Gasteiger partial charge on any atom is 0.338 e. The summed E-state index contributed by atoms with van der Waals surface area (Å²) in [5.74, 6) is -0.0453. The van der Waals surface area contributed by atoms with Crippen LogP contribution in [0, 0.1) is 11.3 Å². The number of nitriles is 1. The van der Waals surface area contributed by atoms with Gasteiger partial charge < -0.3 is 29.4 Å². The molecule has 1 heterocycles. The van der Waals surface area contributed by atoms with Crippen molar-refractivity contribution in [1.82, 2.24) is 0 Å². The number of esters is 1. The number of benzene rings is 1. The Labute approximate surface area is 164 Å². The van der Waals surface area contributed by atoms with Crippen LogP contribution < -0.4 is 19.9 Å². The van der Waals surface area contributed by atoms with Crippen LogP contribution in [0.4, 0.5) is 0 Å². The van der Waals surface area contributed by atoms with Crippen LogP contribution in [0.5, 0.6) is 17.2 Å². The molecule has 1 atom stereocenters. The predicted octanol–water partition coefficient (Wildman–Crippen LogP) is 2.75. The molecule has 2 N–H and O–H groups in total. The molecule has 1 aliphatic rings. The van der Waals surface area contributed by atoms with E-state index in [1.807, 2.05) is 6.07 Å². The number of carbonyl (C=O) groups is 1. The fraction of sp³-hybridized carbons (Fsp3) is 0.400. The van der Waals surface area contributed by atoms with Gasteiger partial charge in [0.15, 0.2) is 11.5 Å². The van der Waals surface area contributed by atoms with Crippen molar-refractivity contribution in [2.75, 3.05) is 21.3 Å². The highest BCUT2D eigenvalue weighted by Gasteiger charge is 2.37. The third-order valence-electron chi connectivity index (χ3n) is 4.19. The molecule has 8 heteroatoms. The molecule has 0 aliphatic carbocycles. The number of hydrogen-bond donors (Lipinski definition) is 1. The minimum absolute atomic E-state index is 0.0696. The molecule has 0 aromatic heterocycles. The van der Waals surface area contributed by atoms with Gasteiger partial charge in [-0.1, -0.05) is 0 Å². The quantitative estimate of drug-likeness (QED) is 0.740. The maximum absolute atomic E-state index is 12.8. The van der Waals surface area contributed by atoms with E-state index in [2.05, 4.69) is 0 Å². The number of carbonyl (C=O) groups excluding carboxylic acids is 1. The molecule has 0 bridgehead atoms. The summed E-state index contributed by atoms with van der Waals surface area (Å²) in [6.07, 6.45) is -0.345. The highest BCUT2D eigenvalue weighted by Crippen LogP contribution is 2.45. The molecule has 2 rings (SSSR count). The van der Waals surface area contributed by atoms with Gasteiger partial charge in [-0.2, -0.15) is 5.26 Å². The molecule has 0 fully saturated rings. The monoisotopic (exact) mass is 388 g/mol. The largest absolute Gasteiger partial charge is 0.493 e. The molecular formula is C20H24N2O6. The van der Waals surface area contributed by atoms with Crippen molar-refractivity contribution in [3.63, 3.8) is 0 Å². The molecule has 0 saturated carbocycles. The van der Waals surface area contributed by atoms with Crippen molar-refractivity contribution >= 4 is 5.97 Å². The first-order chi connectivity index (χ1) is 13.3. The van der Waals surface area contributed by atoms with Gasteiger partial charge in [0.1, 0.15) is 17.4 Å². The van der Waals surface area contributed by atoms with Gasteiger partial charge in [0.05, 0.1) is 38.9 Å². The summed E-state index contributed by atoms with van der Waals surface area (Å²) in [5, 5.41) is 9.68. The van der Waals surface area contributed by atoms with Crippen molar-refractivity contribution in [2.45, 2.75) is 32.8 Å². The van der Waals surface area contributed by atoms with E-state index in [4.69, 9.17) is 29.4 Å². The molecule has 0 radical (unpaired) electrons. The number of nitrogens with zero attached hydrogens (tertiary/aromatic N) is 1. The van der Waals surface area contributed by atoms with E-state index in [1.54, 1.807) is 32.9 Å². The molecule has 8 nitrogen and oxygen atoms in total. The SMILES string of the molecule is COc1cc([C@@H]2C(C#N)=C(N)OC(C)=C2C(=O)OC(C)C)cc(OC)c1OC. The van der Waals surface area contributed by atoms with E-state index in [9.17, 15) is 10.1 Å². The van der Waals surface area contributed by atoms with Crippen LogP contribution in [0.15, 0.2) is 34.9 Å².